The number of halogens is 1. The van der Waals surface area contributed by atoms with Crippen LogP contribution in [0.2, 0.25) is 0 Å². The Morgan fingerprint density at radius 3 is 2.67 bits per heavy atom. The highest BCUT2D eigenvalue weighted by atomic mass is 19.1. The Hall–Kier alpha value is -3.29. The van der Waals surface area contributed by atoms with Crippen molar-refractivity contribution in [2.75, 3.05) is 18.0 Å². The maximum absolute atomic E-state index is 13.1. The van der Waals surface area contributed by atoms with E-state index in [2.05, 4.69) is 30.4 Å². The molecule has 3 heterocycles. The number of piperidine rings is 1. The number of hydrogen-bond donors (Lipinski definition) is 2. The zero-order valence-electron chi connectivity index (χ0n) is 14.6. The number of aromatic amines is 1. The van der Waals surface area contributed by atoms with Crippen LogP contribution in [0, 0.1) is 5.82 Å². The van der Waals surface area contributed by atoms with Gasteiger partial charge in [-0.2, -0.15) is 5.10 Å². The Bertz CT molecular complexity index is 903. The zero-order valence-corrected chi connectivity index (χ0v) is 14.6. The van der Waals surface area contributed by atoms with Crippen LogP contribution in [0.4, 0.5) is 10.2 Å². The molecule has 0 unspecified atom stereocenters. The number of nitrogens with zero attached hydrogens (tertiary/aromatic N) is 4. The van der Waals surface area contributed by atoms with E-state index < -0.39 is 0 Å². The second-order valence-corrected chi connectivity index (χ2v) is 6.47. The molecule has 2 aromatic heterocycles. The van der Waals surface area contributed by atoms with Crippen LogP contribution < -0.4 is 10.2 Å². The van der Waals surface area contributed by atoms with Crippen LogP contribution in [-0.4, -0.2) is 45.2 Å². The third kappa shape index (κ3) is 3.94. The van der Waals surface area contributed by atoms with Crippen LogP contribution in [0.1, 0.15) is 23.3 Å². The quantitative estimate of drug-likeness (QED) is 0.740. The van der Waals surface area contributed by atoms with Crippen LogP contribution in [-0.2, 0) is 0 Å². The first kappa shape index (κ1) is 17.1. The summed E-state index contributed by atoms with van der Waals surface area (Å²) in [5.41, 5.74) is 2.07. The summed E-state index contributed by atoms with van der Waals surface area (Å²) in [6, 6.07) is 8.38. The highest BCUT2D eigenvalue weighted by molar-refractivity contribution is 5.92. The van der Waals surface area contributed by atoms with Crippen molar-refractivity contribution in [1.82, 2.24) is 25.5 Å². The van der Waals surface area contributed by atoms with E-state index in [9.17, 15) is 9.18 Å². The average molecular weight is 366 g/mol. The number of nitrogens with one attached hydrogen (secondary N) is 2. The van der Waals surface area contributed by atoms with Gasteiger partial charge in [-0.25, -0.2) is 9.37 Å². The third-order valence-corrected chi connectivity index (χ3v) is 4.67. The molecule has 0 aliphatic carbocycles. The minimum atomic E-state index is -0.260. The first-order valence-electron chi connectivity index (χ1n) is 8.82. The average Bonchev–Trinajstić information content (AvgIpc) is 3.20. The molecule has 0 bridgehead atoms. The standard InChI is InChI=1S/C19H19FN6O/c20-14-3-1-13(2-4-14)16-11-18(25-24-16)26-9-5-15(6-10-26)23-19(27)17-12-21-7-8-22-17/h1-4,7-8,11-12,15H,5-6,9-10H2,(H,23,27)(H,24,25). The van der Waals surface area contributed by atoms with Gasteiger partial charge in [0.1, 0.15) is 11.5 Å². The van der Waals surface area contributed by atoms with Crippen LogP contribution >= 0.6 is 0 Å². The minimum Gasteiger partial charge on any atom is -0.355 e. The zero-order chi connectivity index (χ0) is 18.6. The molecule has 1 aliphatic rings. The summed E-state index contributed by atoms with van der Waals surface area (Å²) in [5.74, 6) is 0.400. The predicted molar refractivity (Wildman–Crippen MR) is 98.7 cm³/mol. The van der Waals surface area contributed by atoms with E-state index in [1.807, 2.05) is 6.07 Å². The lowest BCUT2D eigenvalue weighted by Crippen LogP contribution is -2.45. The summed E-state index contributed by atoms with van der Waals surface area (Å²) in [5, 5.41) is 10.4. The summed E-state index contributed by atoms with van der Waals surface area (Å²) in [4.78, 5) is 22.3. The first-order valence-corrected chi connectivity index (χ1v) is 8.82. The van der Waals surface area contributed by atoms with Crippen molar-refractivity contribution in [1.29, 1.82) is 0 Å². The molecule has 2 N–H and O–H groups in total. The summed E-state index contributed by atoms with van der Waals surface area (Å²) in [6.07, 6.45) is 6.16. The Morgan fingerprint density at radius 1 is 1.19 bits per heavy atom. The highest BCUT2D eigenvalue weighted by Gasteiger charge is 2.23. The number of rotatable bonds is 4. The Kier molecular flexibility index (Phi) is 4.78. The van der Waals surface area contributed by atoms with Gasteiger partial charge in [0.05, 0.1) is 11.9 Å². The van der Waals surface area contributed by atoms with Crippen molar-refractivity contribution in [2.45, 2.75) is 18.9 Å². The molecule has 138 valence electrons. The molecule has 1 saturated heterocycles. The monoisotopic (exact) mass is 366 g/mol. The summed E-state index contributed by atoms with van der Waals surface area (Å²) >= 11 is 0. The second kappa shape index (κ2) is 7.53. The van der Waals surface area contributed by atoms with Gasteiger partial charge < -0.3 is 10.2 Å². The van der Waals surface area contributed by atoms with Crippen LogP contribution in [0.15, 0.2) is 48.9 Å². The van der Waals surface area contributed by atoms with Gasteiger partial charge in [-0.1, -0.05) is 0 Å². The molecule has 8 heteroatoms. The van der Waals surface area contributed by atoms with Crippen LogP contribution in [0.25, 0.3) is 11.3 Å². The molecule has 3 aromatic rings. The van der Waals surface area contributed by atoms with Gasteiger partial charge in [0.15, 0.2) is 5.82 Å². The number of hydrogen-bond acceptors (Lipinski definition) is 5. The van der Waals surface area contributed by atoms with Crippen molar-refractivity contribution in [3.05, 3.63) is 60.4 Å². The maximum atomic E-state index is 13.1. The third-order valence-electron chi connectivity index (χ3n) is 4.67. The van der Waals surface area contributed by atoms with Gasteiger partial charge in [0.2, 0.25) is 0 Å². The summed E-state index contributed by atoms with van der Waals surface area (Å²) < 4.78 is 13.1. The smallest absolute Gasteiger partial charge is 0.271 e. The second-order valence-electron chi connectivity index (χ2n) is 6.47. The highest BCUT2D eigenvalue weighted by Crippen LogP contribution is 2.24. The fourth-order valence-electron chi connectivity index (χ4n) is 3.18. The molecule has 0 atom stereocenters. The molecular formula is C19H19FN6O. The van der Waals surface area contributed by atoms with Gasteiger partial charge in [0, 0.05) is 37.6 Å². The first-order chi connectivity index (χ1) is 13.2. The Morgan fingerprint density at radius 2 is 1.96 bits per heavy atom. The van der Waals surface area contributed by atoms with E-state index in [1.54, 1.807) is 18.3 Å². The number of carbonyl (C=O) groups is 1. The van der Waals surface area contributed by atoms with Gasteiger partial charge >= 0.3 is 0 Å². The molecule has 1 fully saturated rings. The lowest BCUT2D eigenvalue weighted by atomic mass is 10.0. The number of carbonyl (C=O) groups excluding carboxylic acids is 1. The van der Waals surface area contributed by atoms with E-state index >= 15 is 0 Å². The molecule has 4 rings (SSSR count). The molecule has 0 saturated carbocycles. The number of benzene rings is 1. The van der Waals surface area contributed by atoms with Crippen molar-refractivity contribution >= 4 is 11.7 Å². The normalized spacial score (nSPS) is 14.9. The molecule has 7 nitrogen and oxygen atoms in total. The molecule has 1 amide bonds. The summed E-state index contributed by atoms with van der Waals surface area (Å²) in [6.45, 7) is 1.58. The number of anilines is 1. The van der Waals surface area contributed by atoms with Gasteiger partial charge in [-0.15, -0.1) is 0 Å². The fraction of sp³-hybridized carbons (Fsp3) is 0.263. The molecule has 0 spiro atoms. The maximum Gasteiger partial charge on any atom is 0.271 e. The molecule has 1 aromatic carbocycles. The topological polar surface area (TPSA) is 86.8 Å². The molecule has 1 aliphatic heterocycles. The van der Waals surface area contributed by atoms with Crippen molar-refractivity contribution < 1.29 is 9.18 Å². The number of amides is 1. The van der Waals surface area contributed by atoms with Crippen LogP contribution in [0.3, 0.4) is 0 Å². The van der Waals surface area contributed by atoms with Gasteiger partial charge in [-0.05, 0) is 42.7 Å². The number of H-pyrrole nitrogens is 1. The van der Waals surface area contributed by atoms with E-state index in [-0.39, 0.29) is 17.8 Å². The molecular weight excluding hydrogens is 347 g/mol. The van der Waals surface area contributed by atoms with E-state index in [1.165, 1.54) is 24.5 Å². The predicted octanol–water partition coefficient (Wildman–Crippen LogP) is 2.40. The van der Waals surface area contributed by atoms with Crippen molar-refractivity contribution in [2.24, 2.45) is 0 Å². The summed E-state index contributed by atoms with van der Waals surface area (Å²) in [7, 11) is 0. The van der Waals surface area contributed by atoms with Gasteiger partial charge in [-0.3, -0.25) is 14.9 Å². The fourth-order valence-corrected chi connectivity index (χ4v) is 3.18. The lowest BCUT2D eigenvalue weighted by Gasteiger charge is -2.32. The SMILES string of the molecule is O=C(NC1CCN(c2cc(-c3ccc(F)cc3)[nH]n2)CC1)c1cnccn1. The van der Waals surface area contributed by atoms with Crippen molar-refractivity contribution in [3.63, 3.8) is 0 Å². The lowest BCUT2D eigenvalue weighted by molar-refractivity contribution is 0.0925. The Labute approximate surface area is 155 Å². The van der Waals surface area contributed by atoms with Crippen molar-refractivity contribution in [3.8, 4) is 11.3 Å². The minimum absolute atomic E-state index is 0.103. The van der Waals surface area contributed by atoms with Gasteiger partial charge in [0.25, 0.3) is 5.91 Å². The molecule has 0 radical (unpaired) electrons. The van der Waals surface area contributed by atoms with Crippen LogP contribution in [0.5, 0.6) is 0 Å². The number of aromatic nitrogens is 4. The van der Waals surface area contributed by atoms with E-state index in [0.29, 0.717) is 5.69 Å². The van der Waals surface area contributed by atoms with E-state index in [0.717, 1.165) is 43.0 Å². The Balaban J connectivity index is 1.34. The molecule has 27 heavy (non-hydrogen) atoms. The largest absolute Gasteiger partial charge is 0.355 e. The van der Waals surface area contributed by atoms with E-state index in [4.69, 9.17) is 0 Å².